The summed E-state index contributed by atoms with van der Waals surface area (Å²) < 4.78 is 24.4. The van der Waals surface area contributed by atoms with Gasteiger partial charge in [0, 0.05) is 6.16 Å². The van der Waals surface area contributed by atoms with E-state index in [0.29, 0.717) is 25.1 Å². The van der Waals surface area contributed by atoms with Crippen LogP contribution in [0.5, 0.6) is 0 Å². The van der Waals surface area contributed by atoms with Gasteiger partial charge in [-0.05, 0) is 43.2 Å². The van der Waals surface area contributed by atoms with Crippen LogP contribution in [0.15, 0.2) is 60.7 Å². The lowest BCUT2D eigenvalue weighted by Gasteiger charge is -2.34. The van der Waals surface area contributed by atoms with Crippen molar-refractivity contribution in [1.29, 1.82) is 0 Å². The van der Waals surface area contributed by atoms with Crippen LogP contribution in [0.4, 0.5) is 0 Å². The summed E-state index contributed by atoms with van der Waals surface area (Å²) >= 11 is 0. The number of benzene rings is 2. The monoisotopic (exact) mass is 386 g/mol. The van der Waals surface area contributed by atoms with Crippen LogP contribution < -0.4 is 0 Å². The zero-order valence-corrected chi connectivity index (χ0v) is 16.6. The topological polar surface area (TPSA) is 52.6 Å². The lowest BCUT2D eigenvalue weighted by Crippen LogP contribution is -2.33. The molecule has 5 heteroatoms. The zero-order valence-electron chi connectivity index (χ0n) is 15.8. The van der Waals surface area contributed by atoms with Crippen molar-refractivity contribution < 1.29 is 18.6 Å². The molecule has 1 aliphatic rings. The Morgan fingerprint density at radius 2 is 1.67 bits per heavy atom. The van der Waals surface area contributed by atoms with E-state index in [1.54, 1.807) is 0 Å². The second-order valence-corrected chi connectivity index (χ2v) is 9.84. The van der Waals surface area contributed by atoms with E-state index < -0.39 is 19.0 Å². The first-order chi connectivity index (χ1) is 13.1. The molecule has 2 aromatic carbocycles. The fourth-order valence-corrected chi connectivity index (χ4v) is 6.50. The fraction of sp³-hybridized carbons (Fsp3) is 0.409. The molecule has 2 aromatic rings. The highest BCUT2D eigenvalue weighted by atomic mass is 31.2. The molecule has 27 heavy (non-hydrogen) atoms. The van der Waals surface area contributed by atoms with Crippen molar-refractivity contribution >= 4 is 13.3 Å². The molecular formula is C22H27O4P. The Balaban J connectivity index is 1.68. The Labute approximate surface area is 161 Å². The van der Waals surface area contributed by atoms with Gasteiger partial charge in [0.05, 0.1) is 6.61 Å². The second-order valence-electron chi connectivity index (χ2n) is 7.06. The highest BCUT2D eigenvalue weighted by Gasteiger charge is 2.45. The van der Waals surface area contributed by atoms with Crippen molar-refractivity contribution in [3.63, 3.8) is 0 Å². The van der Waals surface area contributed by atoms with Gasteiger partial charge in [-0.2, -0.15) is 0 Å². The molecule has 1 saturated heterocycles. The van der Waals surface area contributed by atoms with E-state index in [9.17, 15) is 9.36 Å². The van der Waals surface area contributed by atoms with Crippen molar-refractivity contribution in [1.82, 2.24) is 0 Å². The van der Waals surface area contributed by atoms with E-state index in [-0.39, 0.29) is 6.61 Å². The van der Waals surface area contributed by atoms with E-state index in [1.807, 2.05) is 55.5 Å². The summed E-state index contributed by atoms with van der Waals surface area (Å²) in [7, 11) is -3.02. The molecule has 3 rings (SSSR count). The predicted molar refractivity (Wildman–Crippen MR) is 107 cm³/mol. The summed E-state index contributed by atoms with van der Waals surface area (Å²) in [6.07, 6.45) is 2.70. The van der Waals surface area contributed by atoms with Gasteiger partial charge in [0.15, 0.2) is 0 Å². The van der Waals surface area contributed by atoms with E-state index in [0.717, 1.165) is 18.4 Å². The molecule has 4 nitrogen and oxygen atoms in total. The molecule has 1 fully saturated rings. The maximum Gasteiger partial charge on any atom is 0.319 e. The summed E-state index contributed by atoms with van der Waals surface area (Å²) in [5.74, 6) is -0.0856. The molecule has 1 aliphatic heterocycles. The highest BCUT2D eigenvalue weighted by Crippen LogP contribution is 2.58. The molecule has 0 amide bonds. The summed E-state index contributed by atoms with van der Waals surface area (Å²) in [5, 5.41) is 0. The first-order valence-electron chi connectivity index (χ1n) is 9.58. The third-order valence-corrected chi connectivity index (χ3v) is 8.04. The van der Waals surface area contributed by atoms with E-state index in [4.69, 9.17) is 9.26 Å². The van der Waals surface area contributed by atoms with Crippen LogP contribution in [-0.2, 0) is 31.6 Å². The number of esters is 1. The molecule has 3 atom stereocenters. The van der Waals surface area contributed by atoms with Gasteiger partial charge < -0.3 is 9.26 Å². The number of rotatable bonds is 7. The van der Waals surface area contributed by atoms with Crippen molar-refractivity contribution in [2.24, 2.45) is 5.92 Å². The number of ether oxygens (including phenoxy) is 1. The molecule has 0 radical (unpaired) electrons. The first-order valence-corrected chi connectivity index (χ1v) is 11.5. The van der Waals surface area contributed by atoms with Gasteiger partial charge in [0.25, 0.3) is 0 Å². The maximum atomic E-state index is 13.3. The molecule has 0 N–H and O–H groups in total. The summed E-state index contributed by atoms with van der Waals surface area (Å²) in [4.78, 5) is 12.8. The minimum atomic E-state index is -3.02. The summed E-state index contributed by atoms with van der Waals surface area (Å²) in [6, 6.07) is 19.8. The number of carbonyl (C=O) groups is 1. The smallest absolute Gasteiger partial charge is 0.319 e. The molecule has 0 aromatic heterocycles. The van der Waals surface area contributed by atoms with E-state index >= 15 is 0 Å². The Kier molecular flexibility index (Phi) is 6.87. The average Bonchev–Trinajstić information content (AvgIpc) is 2.69. The minimum absolute atomic E-state index is 0.200. The van der Waals surface area contributed by atoms with Crippen molar-refractivity contribution in [2.45, 2.75) is 38.5 Å². The van der Waals surface area contributed by atoms with Gasteiger partial charge in [-0.3, -0.25) is 9.36 Å². The summed E-state index contributed by atoms with van der Waals surface area (Å²) in [6.45, 7) is 2.37. The third-order valence-electron chi connectivity index (χ3n) is 5.09. The van der Waals surface area contributed by atoms with Gasteiger partial charge in [0.1, 0.15) is 12.3 Å². The Morgan fingerprint density at radius 3 is 2.30 bits per heavy atom. The van der Waals surface area contributed by atoms with Crippen LogP contribution in [0.2, 0.25) is 0 Å². The zero-order chi connectivity index (χ0) is 19.1. The van der Waals surface area contributed by atoms with Crippen molar-refractivity contribution in [2.75, 3.05) is 12.8 Å². The van der Waals surface area contributed by atoms with Gasteiger partial charge in [-0.1, -0.05) is 60.7 Å². The molecular weight excluding hydrogens is 359 g/mol. The molecule has 3 unspecified atom stereocenters. The lowest BCUT2D eigenvalue weighted by atomic mass is 9.92. The number of hydrogen-bond acceptors (Lipinski definition) is 4. The van der Waals surface area contributed by atoms with Gasteiger partial charge in [-0.25, -0.2) is 0 Å². The van der Waals surface area contributed by atoms with Crippen LogP contribution in [0.1, 0.15) is 30.9 Å². The van der Waals surface area contributed by atoms with Crippen LogP contribution >= 0.6 is 7.37 Å². The van der Waals surface area contributed by atoms with Gasteiger partial charge in [-0.15, -0.1) is 0 Å². The van der Waals surface area contributed by atoms with E-state index in [1.165, 1.54) is 5.56 Å². The first kappa shape index (κ1) is 19.9. The molecule has 0 bridgehead atoms. The molecule has 0 spiro atoms. The minimum Gasteiger partial charge on any atom is -0.460 e. The van der Waals surface area contributed by atoms with Crippen LogP contribution in [0.3, 0.4) is 0 Å². The third kappa shape index (κ3) is 5.31. The van der Waals surface area contributed by atoms with Crippen LogP contribution in [-0.4, -0.2) is 24.4 Å². The lowest BCUT2D eigenvalue weighted by molar-refractivity contribution is -0.145. The molecule has 144 valence electrons. The molecule has 0 saturated carbocycles. The summed E-state index contributed by atoms with van der Waals surface area (Å²) in [5.41, 5.74) is 1.50. The second kappa shape index (κ2) is 9.34. The predicted octanol–water partition coefficient (Wildman–Crippen LogP) is 5.07. The quantitative estimate of drug-likeness (QED) is 0.493. The normalized spacial score (nSPS) is 25.1. The SMILES string of the molecule is CCOP1(=O)CCC(Cc2ccccc2)CC1C(=O)OCc1ccccc1. The average molecular weight is 386 g/mol. The molecule has 1 heterocycles. The van der Waals surface area contributed by atoms with E-state index in [2.05, 4.69) is 12.1 Å². The Hall–Kier alpha value is -1.90. The van der Waals surface area contributed by atoms with Crippen molar-refractivity contribution in [3.8, 4) is 0 Å². The van der Waals surface area contributed by atoms with Crippen LogP contribution in [0.25, 0.3) is 0 Å². The number of hydrogen-bond donors (Lipinski definition) is 0. The Morgan fingerprint density at radius 1 is 1.04 bits per heavy atom. The Bertz CT molecular complexity index is 775. The number of carbonyl (C=O) groups excluding carboxylic acids is 1. The largest absolute Gasteiger partial charge is 0.460 e. The fourth-order valence-electron chi connectivity index (χ4n) is 3.70. The van der Waals surface area contributed by atoms with Gasteiger partial charge >= 0.3 is 5.97 Å². The van der Waals surface area contributed by atoms with Crippen molar-refractivity contribution in [3.05, 3.63) is 71.8 Å². The molecule has 0 aliphatic carbocycles. The van der Waals surface area contributed by atoms with Gasteiger partial charge in [0.2, 0.25) is 7.37 Å². The standard InChI is InChI=1S/C22H27O4P/c1-2-26-27(24)14-13-20(15-18-9-5-3-6-10-18)16-21(27)22(23)25-17-19-11-7-4-8-12-19/h3-12,20-21H,2,13-17H2,1H3. The van der Waals surface area contributed by atoms with Crippen LogP contribution in [0, 0.1) is 5.92 Å². The highest BCUT2D eigenvalue weighted by molar-refractivity contribution is 7.60. The maximum absolute atomic E-state index is 13.3.